The number of nitrogens with zero attached hydrogens (tertiary/aromatic N) is 7. The standard InChI is InChI=1S/C29H34N8O3/c1-4-12-36-27(39)23-16-30-28(33-26(23)37(36)25-7-5-6-24(32-25)29(2,3)40)31-19-8-10-20(11-9-19)35-18-21-15-22(35)17-34(21)13-14-38/h4-11,16,21-22,38,40H,1,12-15,17-18H2,2-3H3,(H,30,31,33)/t21-,22-/m0/s1. The Morgan fingerprint density at radius 3 is 2.60 bits per heavy atom. The van der Waals surface area contributed by atoms with Crippen molar-refractivity contribution >= 4 is 28.4 Å². The van der Waals surface area contributed by atoms with E-state index in [1.807, 2.05) is 12.1 Å². The number of allylic oxidation sites excluding steroid dienone is 1. The maximum absolute atomic E-state index is 13.2. The van der Waals surface area contributed by atoms with E-state index >= 15 is 0 Å². The molecule has 3 aromatic heterocycles. The molecule has 2 bridgehead atoms. The van der Waals surface area contributed by atoms with Crippen LogP contribution in [0.3, 0.4) is 0 Å². The Balaban J connectivity index is 1.29. The Bertz CT molecular complexity index is 1600. The van der Waals surface area contributed by atoms with Crippen LogP contribution in [0.2, 0.25) is 0 Å². The third-order valence-corrected chi connectivity index (χ3v) is 7.75. The fraction of sp³-hybridized carbons (Fsp3) is 0.379. The fourth-order valence-corrected chi connectivity index (χ4v) is 5.82. The summed E-state index contributed by atoms with van der Waals surface area (Å²) in [4.78, 5) is 31.8. The van der Waals surface area contributed by atoms with Gasteiger partial charge in [-0.1, -0.05) is 12.1 Å². The molecule has 6 rings (SSSR count). The van der Waals surface area contributed by atoms with Crippen LogP contribution in [0.15, 0.2) is 66.1 Å². The lowest BCUT2D eigenvalue weighted by atomic mass is 10.1. The zero-order valence-electron chi connectivity index (χ0n) is 22.7. The molecule has 5 heterocycles. The summed E-state index contributed by atoms with van der Waals surface area (Å²) in [5.41, 5.74) is 1.48. The maximum Gasteiger partial charge on any atom is 0.278 e. The number of β-amino-alcohol motifs (C(OH)–C–C–N with tert-alkyl or cyclic N) is 1. The lowest BCUT2D eigenvalue weighted by Gasteiger charge is -2.35. The molecular formula is C29H34N8O3. The Hall–Kier alpha value is -4.06. The van der Waals surface area contributed by atoms with E-state index in [-0.39, 0.29) is 18.7 Å². The van der Waals surface area contributed by atoms with Crippen molar-refractivity contribution in [3.05, 3.63) is 77.4 Å². The first-order valence-electron chi connectivity index (χ1n) is 13.5. The zero-order valence-corrected chi connectivity index (χ0v) is 22.7. The van der Waals surface area contributed by atoms with Gasteiger partial charge in [0.25, 0.3) is 5.56 Å². The number of fused-ring (bicyclic) bond motifs is 3. The summed E-state index contributed by atoms with van der Waals surface area (Å²) in [5.74, 6) is 0.809. The second kappa shape index (κ2) is 10.2. The lowest BCUT2D eigenvalue weighted by Crippen LogP contribution is -2.47. The van der Waals surface area contributed by atoms with Gasteiger partial charge < -0.3 is 20.4 Å². The number of nitrogens with one attached hydrogen (secondary N) is 1. The number of anilines is 3. The molecule has 0 amide bonds. The maximum atomic E-state index is 13.2. The highest BCUT2D eigenvalue weighted by Crippen LogP contribution is 2.35. The first-order valence-corrected chi connectivity index (χ1v) is 13.5. The molecule has 2 aliphatic heterocycles. The first-order chi connectivity index (χ1) is 19.3. The molecule has 3 N–H and O–H groups in total. The van der Waals surface area contributed by atoms with Gasteiger partial charge in [0.05, 0.1) is 18.8 Å². The molecule has 2 atom stereocenters. The van der Waals surface area contributed by atoms with Crippen LogP contribution in [-0.2, 0) is 12.1 Å². The van der Waals surface area contributed by atoms with Crippen molar-refractivity contribution in [3.8, 4) is 5.82 Å². The average Bonchev–Trinajstić information content (AvgIpc) is 3.61. The van der Waals surface area contributed by atoms with Gasteiger partial charge in [0, 0.05) is 49.3 Å². The highest BCUT2D eigenvalue weighted by molar-refractivity contribution is 5.77. The van der Waals surface area contributed by atoms with E-state index in [1.165, 1.54) is 16.6 Å². The first kappa shape index (κ1) is 26.2. The van der Waals surface area contributed by atoms with E-state index in [1.54, 1.807) is 42.8 Å². The van der Waals surface area contributed by atoms with Gasteiger partial charge in [0.15, 0.2) is 11.5 Å². The number of aliphatic hydroxyl groups is 2. The van der Waals surface area contributed by atoms with Gasteiger partial charge in [-0.2, -0.15) is 4.98 Å². The summed E-state index contributed by atoms with van der Waals surface area (Å²) in [7, 11) is 0. The fourth-order valence-electron chi connectivity index (χ4n) is 5.82. The van der Waals surface area contributed by atoms with Gasteiger partial charge >= 0.3 is 0 Å². The Morgan fingerprint density at radius 2 is 1.93 bits per heavy atom. The van der Waals surface area contributed by atoms with Crippen LogP contribution < -0.4 is 15.8 Å². The molecule has 40 heavy (non-hydrogen) atoms. The summed E-state index contributed by atoms with van der Waals surface area (Å²) in [6.07, 6.45) is 4.30. The second-order valence-corrected chi connectivity index (χ2v) is 10.9. The number of likely N-dealkylation sites (tertiary alicyclic amines) is 1. The van der Waals surface area contributed by atoms with E-state index in [0.717, 1.165) is 31.7 Å². The van der Waals surface area contributed by atoms with Crippen molar-refractivity contribution in [2.75, 3.05) is 36.5 Å². The Labute approximate surface area is 232 Å². The molecular weight excluding hydrogens is 508 g/mol. The highest BCUT2D eigenvalue weighted by atomic mass is 16.3. The van der Waals surface area contributed by atoms with E-state index in [4.69, 9.17) is 4.98 Å². The number of hydrogen-bond donors (Lipinski definition) is 3. The number of benzene rings is 1. The van der Waals surface area contributed by atoms with Crippen molar-refractivity contribution in [2.24, 2.45) is 0 Å². The molecule has 2 fully saturated rings. The van der Waals surface area contributed by atoms with E-state index < -0.39 is 5.60 Å². The van der Waals surface area contributed by atoms with Crippen molar-refractivity contribution in [2.45, 2.75) is 44.5 Å². The van der Waals surface area contributed by atoms with Crippen LogP contribution >= 0.6 is 0 Å². The number of pyridine rings is 1. The minimum Gasteiger partial charge on any atom is -0.395 e. The summed E-state index contributed by atoms with van der Waals surface area (Å²) < 4.78 is 3.15. The minimum atomic E-state index is -1.15. The smallest absolute Gasteiger partial charge is 0.278 e. The van der Waals surface area contributed by atoms with E-state index in [2.05, 4.69) is 43.8 Å². The summed E-state index contributed by atoms with van der Waals surface area (Å²) >= 11 is 0. The Morgan fingerprint density at radius 1 is 1.12 bits per heavy atom. The molecule has 4 aromatic rings. The van der Waals surface area contributed by atoms with Gasteiger partial charge in [0.1, 0.15) is 11.0 Å². The quantitative estimate of drug-likeness (QED) is 0.274. The van der Waals surface area contributed by atoms with Crippen molar-refractivity contribution in [3.63, 3.8) is 0 Å². The van der Waals surface area contributed by atoms with Gasteiger partial charge in [-0.25, -0.2) is 19.3 Å². The predicted molar refractivity (Wildman–Crippen MR) is 154 cm³/mol. The molecule has 11 nitrogen and oxygen atoms in total. The number of rotatable bonds is 9. The summed E-state index contributed by atoms with van der Waals surface area (Å²) in [6.45, 7) is 10.3. The van der Waals surface area contributed by atoms with Crippen molar-refractivity contribution in [1.82, 2.24) is 29.2 Å². The average molecular weight is 543 g/mol. The predicted octanol–water partition coefficient (Wildman–Crippen LogP) is 2.39. The van der Waals surface area contributed by atoms with Gasteiger partial charge in [-0.05, 0) is 56.7 Å². The molecule has 2 saturated heterocycles. The molecule has 208 valence electrons. The highest BCUT2D eigenvalue weighted by Gasteiger charge is 2.42. The van der Waals surface area contributed by atoms with Crippen LogP contribution in [0.1, 0.15) is 26.0 Å². The number of aromatic nitrogens is 5. The zero-order chi connectivity index (χ0) is 28.0. The van der Waals surface area contributed by atoms with E-state index in [9.17, 15) is 15.0 Å². The van der Waals surface area contributed by atoms with Crippen LogP contribution in [-0.4, -0.2) is 77.8 Å². The van der Waals surface area contributed by atoms with Crippen molar-refractivity contribution in [1.29, 1.82) is 0 Å². The molecule has 11 heteroatoms. The molecule has 0 aliphatic carbocycles. The van der Waals surface area contributed by atoms with Crippen LogP contribution in [0, 0.1) is 0 Å². The van der Waals surface area contributed by atoms with Gasteiger partial charge in [0.2, 0.25) is 5.95 Å². The number of hydrogen-bond acceptors (Lipinski definition) is 9. The topological polar surface area (TPSA) is 125 Å². The summed E-state index contributed by atoms with van der Waals surface area (Å²) in [5, 5.41) is 23.4. The summed E-state index contributed by atoms with van der Waals surface area (Å²) in [6, 6.07) is 14.5. The number of aliphatic hydroxyl groups excluding tert-OH is 1. The molecule has 1 aromatic carbocycles. The largest absolute Gasteiger partial charge is 0.395 e. The third-order valence-electron chi connectivity index (χ3n) is 7.75. The van der Waals surface area contributed by atoms with Crippen LogP contribution in [0.5, 0.6) is 0 Å². The third kappa shape index (κ3) is 4.66. The molecule has 0 spiro atoms. The minimum absolute atomic E-state index is 0.205. The molecule has 0 radical (unpaired) electrons. The van der Waals surface area contributed by atoms with Crippen LogP contribution in [0.4, 0.5) is 17.3 Å². The number of piperazine rings is 1. The van der Waals surface area contributed by atoms with Crippen LogP contribution in [0.25, 0.3) is 16.9 Å². The SMILES string of the molecule is C=CCn1c(=O)c2cnc(Nc3ccc(N4C[C@@H]5C[C@H]4CN5CCO)cc3)nc2n1-c1cccc(C(C)(C)O)n1. The molecule has 0 unspecified atom stereocenters. The molecule has 2 aliphatic rings. The van der Waals surface area contributed by atoms with Gasteiger partial charge in [-0.3, -0.25) is 9.69 Å². The monoisotopic (exact) mass is 542 g/mol. The molecule has 0 saturated carbocycles. The normalized spacial score (nSPS) is 19.1. The van der Waals surface area contributed by atoms with E-state index in [0.29, 0.717) is 40.6 Å². The lowest BCUT2D eigenvalue weighted by molar-refractivity contribution is 0.0738. The van der Waals surface area contributed by atoms with Gasteiger partial charge in [-0.15, -0.1) is 6.58 Å². The van der Waals surface area contributed by atoms with Crippen molar-refractivity contribution < 1.29 is 10.2 Å². The Kier molecular flexibility index (Phi) is 6.65. The second-order valence-electron chi connectivity index (χ2n) is 10.9.